The van der Waals surface area contributed by atoms with Gasteiger partial charge in [-0.2, -0.15) is 0 Å². The highest BCUT2D eigenvalue weighted by atomic mass is 16.5. The van der Waals surface area contributed by atoms with Crippen LogP contribution in [0.5, 0.6) is 0 Å². The molecule has 0 heterocycles. The molecule has 0 aromatic heterocycles. The van der Waals surface area contributed by atoms with E-state index in [4.69, 9.17) is 0 Å². The normalized spacial score (nSPS) is 7.20. The fourth-order valence-corrected chi connectivity index (χ4v) is 0.144. The molecular formula is C7H14O3. The lowest BCUT2D eigenvalue weighted by molar-refractivity contribution is -0.140. The summed E-state index contributed by atoms with van der Waals surface area (Å²) in [5.41, 5.74) is 0. The molecule has 0 N–H and O–H groups in total. The third kappa shape index (κ3) is 27.3. The van der Waals surface area contributed by atoms with Crippen molar-refractivity contribution < 1.29 is 14.3 Å². The molecule has 3 heteroatoms. The number of esters is 1. The maximum Gasteiger partial charge on any atom is 0.305 e. The van der Waals surface area contributed by atoms with Crippen LogP contribution in [0.3, 0.4) is 0 Å². The van der Waals surface area contributed by atoms with E-state index in [9.17, 15) is 9.59 Å². The lowest BCUT2D eigenvalue weighted by atomic mass is 10.5. The molecule has 3 nitrogen and oxygen atoms in total. The van der Waals surface area contributed by atoms with E-state index in [0.717, 1.165) is 0 Å². The SMILES string of the molecule is CC(C)=O.CCC(=O)OC. The number of hydrogen-bond donors (Lipinski definition) is 0. The minimum Gasteiger partial charge on any atom is -0.469 e. The molecule has 0 aliphatic heterocycles. The smallest absolute Gasteiger partial charge is 0.305 e. The first kappa shape index (κ1) is 11.9. The Kier molecular flexibility index (Phi) is 9.67. The zero-order valence-corrected chi connectivity index (χ0v) is 6.93. The number of methoxy groups -OCH3 is 1. The average molecular weight is 146 g/mol. The summed E-state index contributed by atoms with van der Waals surface area (Å²) >= 11 is 0. The molecule has 0 fully saturated rings. The van der Waals surface area contributed by atoms with Gasteiger partial charge in [0.2, 0.25) is 0 Å². The van der Waals surface area contributed by atoms with Gasteiger partial charge in [-0.1, -0.05) is 6.92 Å². The van der Waals surface area contributed by atoms with E-state index in [-0.39, 0.29) is 11.8 Å². The molecule has 0 saturated heterocycles. The van der Waals surface area contributed by atoms with Crippen LogP contribution in [0.4, 0.5) is 0 Å². The molecule has 0 aliphatic carbocycles. The molecule has 0 amide bonds. The van der Waals surface area contributed by atoms with Crippen molar-refractivity contribution in [2.45, 2.75) is 27.2 Å². The Labute approximate surface area is 61.4 Å². The number of carbonyl (C=O) groups excluding carboxylic acids is 2. The van der Waals surface area contributed by atoms with Crippen molar-refractivity contribution in [1.29, 1.82) is 0 Å². The van der Waals surface area contributed by atoms with Crippen LogP contribution in [0.15, 0.2) is 0 Å². The highest BCUT2D eigenvalue weighted by Gasteiger charge is 1.87. The van der Waals surface area contributed by atoms with Gasteiger partial charge in [0, 0.05) is 6.42 Å². The minimum absolute atomic E-state index is 0.157. The van der Waals surface area contributed by atoms with Gasteiger partial charge in [0.05, 0.1) is 7.11 Å². The van der Waals surface area contributed by atoms with E-state index in [1.165, 1.54) is 21.0 Å². The van der Waals surface area contributed by atoms with Crippen LogP contribution >= 0.6 is 0 Å². The van der Waals surface area contributed by atoms with E-state index in [2.05, 4.69) is 4.74 Å². The highest BCUT2D eigenvalue weighted by molar-refractivity contribution is 5.72. The predicted molar refractivity (Wildman–Crippen MR) is 38.7 cm³/mol. The van der Waals surface area contributed by atoms with Gasteiger partial charge in [0.1, 0.15) is 5.78 Å². The molecule has 0 atom stereocenters. The quantitative estimate of drug-likeness (QED) is 0.521. The number of hydrogen-bond acceptors (Lipinski definition) is 3. The Hall–Kier alpha value is -0.860. The molecule has 0 unspecified atom stereocenters. The van der Waals surface area contributed by atoms with Gasteiger partial charge < -0.3 is 9.53 Å². The summed E-state index contributed by atoms with van der Waals surface area (Å²) in [7, 11) is 1.38. The molecule has 0 aromatic rings. The van der Waals surface area contributed by atoms with Gasteiger partial charge in [-0.05, 0) is 13.8 Å². The second-order valence-electron chi connectivity index (χ2n) is 1.84. The van der Waals surface area contributed by atoms with Gasteiger partial charge in [-0.15, -0.1) is 0 Å². The summed E-state index contributed by atoms with van der Waals surface area (Å²) in [6.45, 7) is 4.81. The lowest BCUT2D eigenvalue weighted by Gasteiger charge is -1.87. The van der Waals surface area contributed by atoms with E-state index >= 15 is 0 Å². The Bertz CT molecular complexity index is 97.4. The summed E-state index contributed by atoms with van der Waals surface area (Å²) < 4.78 is 4.26. The molecule has 10 heavy (non-hydrogen) atoms. The van der Waals surface area contributed by atoms with E-state index < -0.39 is 0 Å². The van der Waals surface area contributed by atoms with Crippen LogP contribution in [0, 0.1) is 0 Å². The van der Waals surface area contributed by atoms with Gasteiger partial charge in [0.15, 0.2) is 0 Å². The van der Waals surface area contributed by atoms with Crippen molar-refractivity contribution in [1.82, 2.24) is 0 Å². The Morgan fingerprint density at radius 3 is 1.60 bits per heavy atom. The van der Waals surface area contributed by atoms with Crippen molar-refractivity contribution in [2.75, 3.05) is 7.11 Å². The largest absolute Gasteiger partial charge is 0.469 e. The van der Waals surface area contributed by atoms with Gasteiger partial charge in [-0.25, -0.2) is 0 Å². The molecule has 0 spiro atoms. The summed E-state index contributed by atoms with van der Waals surface area (Å²) in [5, 5.41) is 0. The third-order valence-corrected chi connectivity index (χ3v) is 0.516. The standard InChI is InChI=1S/C4H8O2.C3H6O/c1-3-4(5)6-2;1-3(2)4/h3H2,1-2H3;1-2H3. The second kappa shape index (κ2) is 8.14. The lowest BCUT2D eigenvalue weighted by Crippen LogP contribution is -1.94. The van der Waals surface area contributed by atoms with Crippen LogP contribution in [0.25, 0.3) is 0 Å². The van der Waals surface area contributed by atoms with Crippen LogP contribution in [-0.4, -0.2) is 18.9 Å². The maximum atomic E-state index is 9.96. The zero-order valence-electron chi connectivity index (χ0n) is 6.93. The van der Waals surface area contributed by atoms with Crippen LogP contribution in [-0.2, 0) is 14.3 Å². The third-order valence-electron chi connectivity index (χ3n) is 0.516. The van der Waals surface area contributed by atoms with Crippen molar-refractivity contribution in [2.24, 2.45) is 0 Å². The van der Waals surface area contributed by atoms with Crippen molar-refractivity contribution in [3.05, 3.63) is 0 Å². The molecule has 0 aliphatic rings. The predicted octanol–water partition coefficient (Wildman–Crippen LogP) is 1.16. The van der Waals surface area contributed by atoms with E-state index in [1.54, 1.807) is 6.92 Å². The second-order valence-corrected chi connectivity index (χ2v) is 1.84. The van der Waals surface area contributed by atoms with Crippen LogP contribution < -0.4 is 0 Å². The van der Waals surface area contributed by atoms with Crippen LogP contribution in [0.1, 0.15) is 27.2 Å². The summed E-state index contributed by atoms with van der Waals surface area (Å²) in [6, 6.07) is 0. The maximum absolute atomic E-state index is 9.96. The minimum atomic E-state index is -0.157. The molecule has 0 bridgehead atoms. The van der Waals surface area contributed by atoms with Gasteiger partial charge >= 0.3 is 5.97 Å². The topological polar surface area (TPSA) is 43.4 Å². The Balaban J connectivity index is 0. The Morgan fingerprint density at radius 2 is 1.60 bits per heavy atom. The van der Waals surface area contributed by atoms with Crippen molar-refractivity contribution in [3.8, 4) is 0 Å². The summed E-state index contributed by atoms with van der Waals surface area (Å²) in [4.78, 5) is 19.4. The van der Waals surface area contributed by atoms with Gasteiger partial charge in [-0.3, -0.25) is 4.79 Å². The molecule has 0 aromatic carbocycles. The summed E-state index contributed by atoms with van der Waals surface area (Å²) in [5.74, 6) is 0.00926. The van der Waals surface area contributed by atoms with Crippen molar-refractivity contribution >= 4 is 11.8 Å². The van der Waals surface area contributed by atoms with Crippen molar-refractivity contribution in [3.63, 3.8) is 0 Å². The number of Topliss-reactive ketones (excluding diaryl/α,β-unsaturated/α-hetero) is 1. The highest BCUT2D eigenvalue weighted by Crippen LogP contribution is 1.76. The number of rotatable bonds is 1. The zero-order chi connectivity index (χ0) is 8.57. The van der Waals surface area contributed by atoms with Crippen LogP contribution in [0.2, 0.25) is 0 Å². The average Bonchev–Trinajstić information content (AvgIpc) is 1.85. The number of ketones is 1. The molecule has 60 valence electrons. The molecule has 0 saturated carbocycles. The van der Waals surface area contributed by atoms with E-state index in [0.29, 0.717) is 6.42 Å². The first-order chi connectivity index (χ1) is 4.54. The number of ether oxygens (including phenoxy) is 1. The monoisotopic (exact) mass is 146 g/mol. The first-order valence-electron chi connectivity index (χ1n) is 3.08. The summed E-state index contributed by atoms with van der Waals surface area (Å²) in [6.07, 6.45) is 0.469. The first-order valence-corrected chi connectivity index (χ1v) is 3.08. The molecule has 0 radical (unpaired) electrons. The van der Waals surface area contributed by atoms with Gasteiger partial charge in [0.25, 0.3) is 0 Å². The van der Waals surface area contributed by atoms with E-state index in [1.807, 2.05) is 0 Å². The molecular weight excluding hydrogens is 132 g/mol. The Morgan fingerprint density at radius 1 is 1.30 bits per heavy atom. The fourth-order valence-electron chi connectivity index (χ4n) is 0.144. The fraction of sp³-hybridized carbons (Fsp3) is 0.714. The number of carbonyl (C=O) groups is 2. The molecule has 0 rings (SSSR count).